The predicted octanol–water partition coefficient (Wildman–Crippen LogP) is 8.85. The summed E-state index contributed by atoms with van der Waals surface area (Å²) >= 11 is 3.43. The average molecular weight is 859 g/mol. The van der Waals surface area contributed by atoms with Crippen molar-refractivity contribution in [3.63, 3.8) is 0 Å². The van der Waals surface area contributed by atoms with E-state index in [1.165, 1.54) is 23.6 Å². The molecular weight excluding hydrogens is 813 g/mol. The van der Waals surface area contributed by atoms with Crippen LogP contribution in [-0.2, 0) is 19.1 Å². The molecule has 16 heteroatoms. The van der Waals surface area contributed by atoms with Gasteiger partial charge in [0.25, 0.3) is 5.91 Å². The Balaban J connectivity index is 0.950. The second-order valence-corrected chi connectivity index (χ2v) is 17.6. The number of benzene rings is 3. The summed E-state index contributed by atoms with van der Waals surface area (Å²) < 4.78 is 12.0. The second kappa shape index (κ2) is 16.7. The summed E-state index contributed by atoms with van der Waals surface area (Å²) in [6, 6.07) is 19.6. The quantitative estimate of drug-likeness (QED) is 0.106. The molecule has 2 saturated heterocycles. The lowest BCUT2D eigenvalue weighted by molar-refractivity contribution is -0.135. The third-order valence-electron chi connectivity index (χ3n) is 11.8. The average Bonchev–Trinajstić information content (AvgIpc) is 4.13. The van der Waals surface area contributed by atoms with Crippen LogP contribution in [0.15, 0.2) is 77.5 Å². The lowest BCUT2D eigenvalue weighted by atomic mass is 10.0. The number of nitrogens with zero attached hydrogens (tertiary/aromatic N) is 4. The van der Waals surface area contributed by atoms with Gasteiger partial charge in [0, 0.05) is 35.0 Å². The Morgan fingerprint density at radius 2 is 1.21 bits per heavy atom. The molecule has 61 heavy (non-hydrogen) atoms. The van der Waals surface area contributed by atoms with E-state index in [2.05, 4.69) is 55.6 Å². The number of fused-ring (bicyclic) bond motifs is 3. The van der Waals surface area contributed by atoms with Crippen molar-refractivity contribution in [2.24, 2.45) is 5.92 Å². The molecule has 0 saturated carbocycles. The first-order valence-electron chi connectivity index (χ1n) is 20.5. The zero-order chi connectivity index (χ0) is 42.4. The van der Waals surface area contributed by atoms with Crippen LogP contribution < -0.4 is 10.6 Å². The number of methoxy groups -OCH3 is 2. The summed E-state index contributed by atoms with van der Waals surface area (Å²) in [4.78, 5) is 72.7. The third kappa shape index (κ3) is 7.58. The zero-order valence-corrected chi connectivity index (χ0v) is 35.8. The Bertz CT molecular complexity index is 2770. The number of carbonyl (C=O) groups excluding carboxylic acids is 4. The molecule has 0 radical (unpaired) electrons. The molecular formula is C45H46N8O6S2. The largest absolute Gasteiger partial charge is 0.453 e. The number of alkyl carbamates (subject to hydrolysis) is 2. The smallest absolute Gasteiger partial charge is 0.407 e. The topological polar surface area (TPSA) is 175 Å². The highest BCUT2D eigenvalue weighted by atomic mass is 32.1. The number of carbonyl (C=O) groups is 4. The Kier molecular flexibility index (Phi) is 11.0. The minimum Gasteiger partial charge on any atom is -0.453 e. The number of hydrogen-bond acceptors (Lipinski definition) is 10. The summed E-state index contributed by atoms with van der Waals surface area (Å²) in [5.74, 6) is 1.00. The van der Waals surface area contributed by atoms with Crippen molar-refractivity contribution >= 4 is 78.1 Å². The summed E-state index contributed by atoms with van der Waals surface area (Å²) in [7, 11) is 2.58. The van der Waals surface area contributed by atoms with Crippen LogP contribution >= 0.6 is 22.7 Å². The van der Waals surface area contributed by atoms with Crippen molar-refractivity contribution in [1.82, 2.24) is 40.4 Å². The SMILES string of the molecule is COC(=O)NC(C(=O)N1CCC[C@H]1c1nc2ccc(-c3csc4c(-c5ccc6nc([C@@H]7CCCN7C(=O)[C@H](NC(=O)OC)c7ccccc7)[nH]c6c5)csc34)cc2[nH]1)C(C)C. The Morgan fingerprint density at radius 1 is 0.705 bits per heavy atom. The van der Waals surface area contributed by atoms with Crippen LogP contribution in [0.3, 0.4) is 0 Å². The van der Waals surface area contributed by atoms with Crippen LogP contribution in [0.1, 0.15) is 74.9 Å². The number of likely N-dealkylation sites (tertiary alicyclic amines) is 2. The van der Waals surface area contributed by atoms with E-state index in [1.54, 1.807) is 22.7 Å². The van der Waals surface area contributed by atoms with Crippen molar-refractivity contribution < 1.29 is 28.7 Å². The molecule has 2 fully saturated rings. The number of rotatable bonds is 10. The minimum atomic E-state index is -0.886. The Labute approximate surface area is 359 Å². The Morgan fingerprint density at radius 3 is 1.72 bits per heavy atom. The predicted molar refractivity (Wildman–Crippen MR) is 236 cm³/mol. The number of amides is 4. The molecule has 3 aromatic carbocycles. The number of nitrogens with one attached hydrogen (secondary N) is 4. The molecule has 314 valence electrons. The molecule has 4 aromatic heterocycles. The van der Waals surface area contributed by atoms with E-state index in [9.17, 15) is 19.2 Å². The molecule has 14 nitrogen and oxygen atoms in total. The summed E-state index contributed by atoms with van der Waals surface area (Å²) in [6.45, 7) is 4.96. The van der Waals surface area contributed by atoms with E-state index in [0.29, 0.717) is 18.7 Å². The molecule has 2 aliphatic heterocycles. The fourth-order valence-electron chi connectivity index (χ4n) is 8.71. The highest BCUT2D eigenvalue weighted by molar-refractivity contribution is 7.27. The highest BCUT2D eigenvalue weighted by Gasteiger charge is 2.39. The molecule has 4 atom stereocenters. The number of aromatic amines is 2. The van der Waals surface area contributed by atoms with Crippen LogP contribution in [0, 0.1) is 5.92 Å². The number of thiophene rings is 2. The van der Waals surface area contributed by atoms with Crippen LogP contribution in [0.25, 0.3) is 53.7 Å². The van der Waals surface area contributed by atoms with Crippen LogP contribution in [0.2, 0.25) is 0 Å². The maximum Gasteiger partial charge on any atom is 0.407 e. The van der Waals surface area contributed by atoms with E-state index >= 15 is 0 Å². The fourth-order valence-corrected chi connectivity index (χ4v) is 11.2. The van der Waals surface area contributed by atoms with Crippen molar-refractivity contribution in [2.45, 2.75) is 63.7 Å². The zero-order valence-electron chi connectivity index (χ0n) is 34.2. The number of ether oxygens (including phenoxy) is 2. The standard InChI is InChI=1S/C45H46N8O6S2/c1-24(2)36(50-44(56)58-3)42(54)52-18-8-12-34(52)40-46-30-16-14-26(20-32(30)48-40)28-22-60-39-29(23-61-38(28)39)27-15-17-31-33(21-27)49-41(47-31)35-13-9-19-53(35)43(55)37(51-45(57)59-4)25-10-6-5-7-11-25/h5-7,10-11,14-17,20-24,34-37H,8-9,12-13,18-19H2,1-4H3,(H,46,48)(H,47,49)(H,50,56)(H,51,57)/t34-,35-,36?,37+/m0/s1. The van der Waals surface area contributed by atoms with Gasteiger partial charge in [0.05, 0.1) is 57.8 Å². The summed E-state index contributed by atoms with van der Waals surface area (Å²) in [5.41, 5.74) is 8.54. The van der Waals surface area contributed by atoms with Crippen molar-refractivity contribution in [3.05, 3.63) is 94.7 Å². The second-order valence-electron chi connectivity index (χ2n) is 15.9. The summed E-state index contributed by atoms with van der Waals surface area (Å²) in [6.07, 6.45) is 1.90. The van der Waals surface area contributed by atoms with Gasteiger partial charge in [-0.3, -0.25) is 9.59 Å². The van der Waals surface area contributed by atoms with Gasteiger partial charge in [0.2, 0.25) is 5.91 Å². The molecule has 0 bridgehead atoms. The fraction of sp³-hybridized carbons (Fsp3) is 0.333. The van der Waals surface area contributed by atoms with Gasteiger partial charge in [0.15, 0.2) is 0 Å². The van der Waals surface area contributed by atoms with Gasteiger partial charge in [-0.2, -0.15) is 0 Å². The van der Waals surface area contributed by atoms with Crippen LogP contribution in [-0.4, -0.2) is 87.1 Å². The van der Waals surface area contributed by atoms with E-state index < -0.39 is 24.3 Å². The number of aromatic nitrogens is 4. The van der Waals surface area contributed by atoms with Crippen LogP contribution in [0.5, 0.6) is 0 Å². The van der Waals surface area contributed by atoms with E-state index in [1.807, 2.05) is 66.1 Å². The maximum atomic E-state index is 14.0. The number of imidazole rings is 2. The van der Waals surface area contributed by atoms with Gasteiger partial charge in [0.1, 0.15) is 23.7 Å². The van der Waals surface area contributed by atoms with Crippen molar-refractivity contribution in [3.8, 4) is 22.3 Å². The van der Waals surface area contributed by atoms with Crippen molar-refractivity contribution in [1.29, 1.82) is 0 Å². The van der Waals surface area contributed by atoms with Crippen LogP contribution in [0.4, 0.5) is 9.59 Å². The van der Waals surface area contributed by atoms with E-state index in [0.717, 1.165) is 81.7 Å². The van der Waals surface area contributed by atoms with Gasteiger partial charge in [-0.15, -0.1) is 22.7 Å². The molecule has 1 unspecified atom stereocenters. The molecule has 4 N–H and O–H groups in total. The molecule has 0 aliphatic carbocycles. The molecule has 7 aromatic rings. The lowest BCUT2D eigenvalue weighted by Crippen LogP contribution is -2.51. The highest BCUT2D eigenvalue weighted by Crippen LogP contribution is 2.45. The molecule has 2 aliphatic rings. The number of H-pyrrole nitrogens is 2. The first-order valence-corrected chi connectivity index (χ1v) is 22.2. The first-order chi connectivity index (χ1) is 29.6. The molecule has 9 rings (SSSR count). The van der Waals surface area contributed by atoms with Gasteiger partial charge in [-0.05, 0) is 72.6 Å². The normalized spacial score (nSPS) is 17.7. The maximum absolute atomic E-state index is 14.0. The van der Waals surface area contributed by atoms with Crippen molar-refractivity contribution in [2.75, 3.05) is 27.3 Å². The van der Waals surface area contributed by atoms with Gasteiger partial charge >= 0.3 is 12.2 Å². The monoisotopic (exact) mass is 858 g/mol. The molecule has 6 heterocycles. The molecule has 0 spiro atoms. The van der Waals surface area contributed by atoms with Gasteiger partial charge < -0.3 is 39.9 Å². The minimum absolute atomic E-state index is 0.113. The molecule has 4 amide bonds. The number of hydrogen-bond donors (Lipinski definition) is 4. The first kappa shape index (κ1) is 40.2. The van der Waals surface area contributed by atoms with E-state index in [-0.39, 0.29) is 29.8 Å². The lowest BCUT2D eigenvalue weighted by Gasteiger charge is -2.29. The summed E-state index contributed by atoms with van der Waals surface area (Å²) in [5, 5.41) is 9.86. The van der Waals surface area contributed by atoms with Gasteiger partial charge in [-0.25, -0.2) is 19.6 Å². The Hall–Kier alpha value is -6.26. The van der Waals surface area contributed by atoms with Gasteiger partial charge in [-0.1, -0.05) is 56.3 Å². The van der Waals surface area contributed by atoms with E-state index in [4.69, 9.17) is 19.4 Å². The third-order valence-corrected chi connectivity index (χ3v) is 14.0.